The summed E-state index contributed by atoms with van der Waals surface area (Å²) < 4.78 is 0. The number of amides is 2. The van der Waals surface area contributed by atoms with Crippen molar-refractivity contribution >= 4 is 29.1 Å². The van der Waals surface area contributed by atoms with Gasteiger partial charge in [0.2, 0.25) is 5.91 Å². The number of aromatic nitrogens is 1. The van der Waals surface area contributed by atoms with Crippen molar-refractivity contribution in [2.75, 3.05) is 44.2 Å². The average molecular weight is 373 g/mol. The minimum absolute atomic E-state index is 0.0450. The van der Waals surface area contributed by atoms with E-state index in [0.717, 1.165) is 18.7 Å². The maximum Gasteiger partial charge on any atom is 0.270 e. The number of hydrogen-bond acceptors (Lipinski definition) is 3. The highest BCUT2D eigenvalue weighted by atomic mass is 35.5. The molecule has 4 rings (SSSR count). The Morgan fingerprint density at radius 1 is 1.08 bits per heavy atom. The Balaban J connectivity index is 1.32. The zero-order valence-electron chi connectivity index (χ0n) is 14.4. The summed E-state index contributed by atoms with van der Waals surface area (Å²) in [6.07, 6.45) is 2.53. The summed E-state index contributed by atoms with van der Waals surface area (Å²) in [7, 11) is 0. The van der Waals surface area contributed by atoms with Gasteiger partial charge < -0.3 is 14.8 Å². The highest BCUT2D eigenvalue weighted by molar-refractivity contribution is 6.30. The molecule has 0 spiro atoms. The van der Waals surface area contributed by atoms with Crippen molar-refractivity contribution in [1.29, 1.82) is 0 Å². The molecule has 136 valence electrons. The highest BCUT2D eigenvalue weighted by Crippen LogP contribution is 2.27. The number of piperazine rings is 1. The van der Waals surface area contributed by atoms with Gasteiger partial charge in [-0.2, -0.15) is 0 Å². The maximum absolute atomic E-state index is 12.7. The molecule has 3 heterocycles. The number of anilines is 1. The van der Waals surface area contributed by atoms with Crippen molar-refractivity contribution in [3.63, 3.8) is 0 Å². The van der Waals surface area contributed by atoms with Gasteiger partial charge in [-0.3, -0.25) is 14.5 Å². The second-order valence-corrected chi connectivity index (χ2v) is 7.16. The van der Waals surface area contributed by atoms with Gasteiger partial charge in [0.25, 0.3) is 5.91 Å². The van der Waals surface area contributed by atoms with Crippen LogP contribution in [-0.4, -0.2) is 65.9 Å². The summed E-state index contributed by atoms with van der Waals surface area (Å²) in [5.41, 5.74) is 2.78. The standard InChI is InChI=1S/C19H21ClN4O2/c20-15-11-16(21-12-15)19(26)23-9-7-22(8-10-23)13-18(25)24-6-5-14-3-1-2-4-17(14)24/h1-4,11-12,21H,5-10,13H2. The quantitative estimate of drug-likeness (QED) is 0.896. The third-order valence-electron chi connectivity index (χ3n) is 5.08. The van der Waals surface area contributed by atoms with Crippen molar-refractivity contribution in [2.45, 2.75) is 6.42 Å². The number of carbonyl (C=O) groups excluding carboxylic acids is 2. The molecule has 0 saturated carbocycles. The fourth-order valence-electron chi connectivity index (χ4n) is 3.64. The third kappa shape index (κ3) is 3.34. The van der Waals surface area contributed by atoms with Crippen molar-refractivity contribution in [1.82, 2.24) is 14.8 Å². The first-order valence-electron chi connectivity index (χ1n) is 8.85. The number of nitrogens with zero attached hydrogens (tertiary/aromatic N) is 3. The zero-order chi connectivity index (χ0) is 18.1. The van der Waals surface area contributed by atoms with E-state index in [1.54, 1.807) is 17.2 Å². The molecule has 6 nitrogen and oxygen atoms in total. The minimum atomic E-state index is -0.0450. The van der Waals surface area contributed by atoms with E-state index in [2.05, 4.69) is 16.0 Å². The predicted molar refractivity (Wildman–Crippen MR) is 101 cm³/mol. The number of nitrogens with one attached hydrogen (secondary N) is 1. The van der Waals surface area contributed by atoms with Gasteiger partial charge in [-0.15, -0.1) is 0 Å². The van der Waals surface area contributed by atoms with Gasteiger partial charge in [-0.1, -0.05) is 29.8 Å². The number of para-hydroxylation sites is 1. The Labute approximate surface area is 157 Å². The van der Waals surface area contributed by atoms with E-state index in [1.165, 1.54) is 5.56 Å². The molecule has 1 aromatic carbocycles. The maximum atomic E-state index is 12.7. The average Bonchev–Trinajstić information content (AvgIpc) is 3.28. The number of fused-ring (bicyclic) bond motifs is 1. The summed E-state index contributed by atoms with van der Waals surface area (Å²) in [6, 6.07) is 9.73. The van der Waals surface area contributed by atoms with Gasteiger partial charge in [0.1, 0.15) is 5.69 Å². The lowest BCUT2D eigenvalue weighted by molar-refractivity contribution is -0.120. The molecule has 0 atom stereocenters. The van der Waals surface area contributed by atoms with Crippen LogP contribution in [0.25, 0.3) is 0 Å². The number of benzene rings is 1. The zero-order valence-corrected chi connectivity index (χ0v) is 15.2. The lowest BCUT2D eigenvalue weighted by atomic mass is 10.2. The molecule has 26 heavy (non-hydrogen) atoms. The van der Waals surface area contributed by atoms with Crippen molar-refractivity contribution < 1.29 is 9.59 Å². The molecule has 2 aliphatic rings. The van der Waals surface area contributed by atoms with Crippen LogP contribution in [0.2, 0.25) is 5.02 Å². The molecule has 1 aromatic heterocycles. The van der Waals surface area contributed by atoms with E-state index in [-0.39, 0.29) is 11.8 Å². The number of rotatable bonds is 3. The predicted octanol–water partition coefficient (Wildman–Crippen LogP) is 2.02. The summed E-state index contributed by atoms with van der Waals surface area (Å²) >= 11 is 5.87. The lowest BCUT2D eigenvalue weighted by Crippen LogP contribution is -2.51. The van der Waals surface area contributed by atoms with Crippen LogP contribution in [0.5, 0.6) is 0 Å². The van der Waals surface area contributed by atoms with Crippen LogP contribution in [0.4, 0.5) is 5.69 Å². The third-order valence-corrected chi connectivity index (χ3v) is 5.30. The first-order valence-corrected chi connectivity index (χ1v) is 9.23. The van der Waals surface area contributed by atoms with E-state index in [0.29, 0.717) is 43.4 Å². The van der Waals surface area contributed by atoms with Crippen molar-refractivity contribution in [2.24, 2.45) is 0 Å². The van der Waals surface area contributed by atoms with E-state index >= 15 is 0 Å². The Kier molecular flexibility index (Phi) is 4.70. The second kappa shape index (κ2) is 7.13. The molecule has 0 unspecified atom stereocenters. The van der Waals surface area contributed by atoms with Gasteiger partial charge in [-0.25, -0.2) is 0 Å². The Bertz CT molecular complexity index is 826. The number of aromatic amines is 1. The van der Waals surface area contributed by atoms with Crippen LogP contribution in [0.15, 0.2) is 36.5 Å². The van der Waals surface area contributed by atoms with E-state index in [4.69, 9.17) is 11.6 Å². The first kappa shape index (κ1) is 17.1. The Morgan fingerprint density at radius 2 is 1.85 bits per heavy atom. The van der Waals surface area contributed by atoms with Crippen LogP contribution in [0, 0.1) is 0 Å². The Hall–Kier alpha value is -2.31. The molecule has 0 aliphatic carbocycles. The minimum Gasteiger partial charge on any atom is -0.356 e. The number of carbonyl (C=O) groups is 2. The number of hydrogen-bond donors (Lipinski definition) is 1. The summed E-state index contributed by atoms with van der Waals surface area (Å²) in [4.78, 5) is 33.8. The lowest BCUT2D eigenvalue weighted by Gasteiger charge is -2.34. The van der Waals surface area contributed by atoms with Crippen LogP contribution in [0.1, 0.15) is 16.1 Å². The van der Waals surface area contributed by atoms with Gasteiger partial charge in [0.15, 0.2) is 0 Å². The molecule has 0 bridgehead atoms. The first-order chi connectivity index (χ1) is 12.6. The molecule has 2 aliphatic heterocycles. The molecular formula is C19H21ClN4O2. The van der Waals surface area contributed by atoms with E-state index in [1.807, 2.05) is 23.1 Å². The molecule has 7 heteroatoms. The fraction of sp³-hybridized carbons (Fsp3) is 0.368. The summed E-state index contributed by atoms with van der Waals surface area (Å²) in [5, 5.41) is 0.531. The van der Waals surface area contributed by atoms with Crippen molar-refractivity contribution in [3.8, 4) is 0 Å². The number of H-pyrrole nitrogens is 1. The van der Waals surface area contributed by atoms with Gasteiger partial charge in [-0.05, 0) is 24.1 Å². The molecule has 1 saturated heterocycles. The topological polar surface area (TPSA) is 59.7 Å². The molecular weight excluding hydrogens is 352 g/mol. The van der Waals surface area contributed by atoms with Crippen LogP contribution >= 0.6 is 11.6 Å². The number of halogens is 1. The molecule has 2 aromatic rings. The van der Waals surface area contributed by atoms with Crippen LogP contribution in [0.3, 0.4) is 0 Å². The summed E-state index contributed by atoms with van der Waals surface area (Å²) in [5.74, 6) is 0.0854. The SMILES string of the molecule is O=C(c1cc(Cl)c[nH]1)N1CCN(CC(=O)N2CCc3ccccc32)CC1. The van der Waals surface area contributed by atoms with Crippen LogP contribution in [-0.2, 0) is 11.2 Å². The fourth-order valence-corrected chi connectivity index (χ4v) is 3.81. The Morgan fingerprint density at radius 3 is 2.58 bits per heavy atom. The molecule has 0 radical (unpaired) electrons. The van der Waals surface area contributed by atoms with E-state index < -0.39 is 0 Å². The van der Waals surface area contributed by atoms with E-state index in [9.17, 15) is 9.59 Å². The second-order valence-electron chi connectivity index (χ2n) is 6.72. The van der Waals surface area contributed by atoms with Gasteiger partial charge in [0, 0.05) is 44.6 Å². The molecule has 2 amide bonds. The van der Waals surface area contributed by atoms with Gasteiger partial charge in [0.05, 0.1) is 11.6 Å². The molecule has 1 fully saturated rings. The van der Waals surface area contributed by atoms with Crippen molar-refractivity contribution in [3.05, 3.63) is 52.8 Å². The molecule has 1 N–H and O–H groups in total. The normalized spacial score (nSPS) is 17.4. The van der Waals surface area contributed by atoms with Gasteiger partial charge >= 0.3 is 0 Å². The largest absolute Gasteiger partial charge is 0.356 e. The summed E-state index contributed by atoms with van der Waals surface area (Å²) in [6.45, 7) is 3.76. The van der Waals surface area contributed by atoms with Crippen LogP contribution < -0.4 is 4.90 Å². The monoisotopic (exact) mass is 372 g/mol. The highest BCUT2D eigenvalue weighted by Gasteiger charge is 2.28. The smallest absolute Gasteiger partial charge is 0.270 e.